The van der Waals surface area contributed by atoms with E-state index in [-0.39, 0.29) is 11.6 Å². The van der Waals surface area contributed by atoms with E-state index in [2.05, 4.69) is 21.7 Å². The van der Waals surface area contributed by atoms with Gasteiger partial charge in [-0.2, -0.15) is 14.0 Å². The molecule has 260 valence electrons. The number of nitriles is 1. The summed E-state index contributed by atoms with van der Waals surface area (Å²) in [6.45, 7) is 3.72. The number of para-hydroxylation sites is 1. The second-order valence-electron chi connectivity index (χ2n) is 12.9. The monoisotopic (exact) mass is 690 g/mol. The summed E-state index contributed by atoms with van der Waals surface area (Å²) < 4.78 is 66.5. The van der Waals surface area contributed by atoms with Gasteiger partial charge in [0.1, 0.15) is 28.9 Å². The third-order valence-corrected chi connectivity index (χ3v) is 9.41. The predicted octanol–water partition coefficient (Wildman–Crippen LogP) is 9.06. The number of halogens is 3. The number of alkyl halides is 2. The zero-order valence-electron chi connectivity index (χ0n) is 28.8. The maximum Gasteiger partial charge on any atom is 0.315 e. The van der Waals surface area contributed by atoms with Crippen LogP contribution in [0.3, 0.4) is 0 Å². The van der Waals surface area contributed by atoms with Gasteiger partial charge in [0.2, 0.25) is 0 Å². The number of ether oxygens (including phenoxy) is 3. The minimum Gasteiger partial charge on any atom is -0.497 e. The van der Waals surface area contributed by atoms with Crippen molar-refractivity contribution in [1.82, 2.24) is 5.32 Å². The number of hydrogen-bond acceptors (Lipinski definition) is 7. The number of anilines is 2. The maximum absolute atomic E-state index is 16.8. The van der Waals surface area contributed by atoms with Crippen LogP contribution in [0.1, 0.15) is 48.6 Å². The lowest BCUT2D eigenvalue weighted by atomic mass is 9.76. The SMILES string of the molecule is COc1ccc(C(NC2=N[C@](C)(c3cc(Nc4ccccc4C#N)ccc3F)C(F)(F)C(C)(C)O2)(c2ccccc2)c2ccc(OC)cc2)cc1. The summed E-state index contributed by atoms with van der Waals surface area (Å²) >= 11 is 0. The molecule has 10 heteroatoms. The predicted molar refractivity (Wildman–Crippen MR) is 191 cm³/mol. The summed E-state index contributed by atoms with van der Waals surface area (Å²) in [4.78, 5) is 4.57. The zero-order valence-corrected chi connectivity index (χ0v) is 28.8. The molecule has 0 bridgehead atoms. The molecule has 0 aromatic heterocycles. The molecule has 2 N–H and O–H groups in total. The first kappa shape index (κ1) is 34.9. The molecule has 0 fully saturated rings. The summed E-state index contributed by atoms with van der Waals surface area (Å²) in [5.74, 6) is -3.35. The zero-order chi connectivity index (χ0) is 36.4. The van der Waals surface area contributed by atoms with Crippen LogP contribution >= 0.6 is 0 Å². The summed E-state index contributed by atoms with van der Waals surface area (Å²) in [6, 6.07) is 36.7. The van der Waals surface area contributed by atoms with E-state index in [4.69, 9.17) is 14.2 Å². The molecule has 1 aliphatic rings. The second-order valence-corrected chi connectivity index (χ2v) is 12.9. The van der Waals surface area contributed by atoms with Crippen LogP contribution in [0.4, 0.5) is 24.5 Å². The van der Waals surface area contributed by atoms with Crippen molar-refractivity contribution in [3.63, 3.8) is 0 Å². The quantitative estimate of drug-likeness (QED) is 0.150. The largest absolute Gasteiger partial charge is 0.497 e. The van der Waals surface area contributed by atoms with Crippen LogP contribution in [0.2, 0.25) is 0 Å². The Morgan fingerprint density at radius 1 is 0.745 bits per heavy atom. The van der Waals surface area contributed by atoms with Crippen LogP contribution in [-0.2, 0) is 15.8 Å². The summed E-state index contributed by atoms with van der Waals surface area (Å²) in [7, 11) is 3.14. The number of rotatable bonds is 9. The van der Waals surface area contributed by atoms with Crippen molar-refractivity contribution in [3.05, 3.63) is 155 Å². The lowest BCUT2D eigenvalue weighted by molar-refractivity contribution is -0.209. The van der Waals surface area contributed by atoms with Gasteiger partial charge in [-0.05, 0) is 92.1 Å². The molecule has 5 aromatic carbocycles. The van der Waals surface area contributed by atoms with Gasteiger partial charge in [0.15, 0.2) is 11.1 Å². The number of benzene rings is 5. The fraction of sp³-hybridized carbons (Fsp3) is 0.220. The number of nitrogens with one attached hydrogen (secondary N) is 2. The number of nitrogens with zero attached hydrogens (tertiary/aromatic N) is 2. The van der Waals surface area contributed by atoms with Crippen molar-refractivity contribution in [2.75, 3.05) is 19.5 Å². The fourth-order valence-electron chi connectivity index (χ4n) is 6.54. The molecule has 1 heterocycles. The van der Waals surface area contributed by atoms with Crippen molar-refractivity contribution in [3.8, 4) is 17.6 Å². The summed E-state index contributed by atoms with van der Waals surface area (Å²) in [6.07, 6.45) is 0. The number of aliphatic imine (C=N–C) groups is 1. The van der Waals surface area contributed by atoms with Crippen molar-refractivity contribution >= 4 is 17.4 Å². The highest BCUT2D eigenvalue weighted by molar-refractivity contribution is 5.80. The van der Waals surface area contributed by atoms with Crippen LogP contribution < -0.4 is 20.1 Å². The first-order valence-electron chi connectivity index (χ1n) is 16.2. The van der Waals surface area contributed by atoms with Crippen molar-refractivity contribution in [2.45, 2.75) is 43.4 Å². The van der Waals surface area contributed by atoms with Gasteiger partial charge >= 0.3 is 5.92 Å². The molecule has 6 rings (SSSR count). The van der Waals surface area contributed by atoms with Gasteiger partial charge < -0.3 is 24.8 Å². The number of amidine groups is 1. The lowest BCUT2D eigenvalue weighted by Gasteiger charge is -2.49. The Labute approximate surface area is 295 Å². The molecule has 5 aromatic rings. The molecule has 7 nitrogen and oxygen atoms in total. The highest BCUT2D eigenvalue weighted by Crippen LogP contribution is 2.53. The molecule has 0 saturated carbocycles. The van der Waals surface area contributed by atoms with Gasteiger partial charge in [-0.3, -0.25) is 0 Å². The molecule has 0 amide bonds. The Morgan fingerprint density at radius 2 is 1.29 bits per heavy atom. The van der Waals surface area contributed by atoms with E-state index >= 15 is 13.2 Å². The molecule has 1 atom stereocenters. The van der Waals surface area contributed by atoms with E-state index in [0.717, 1.165) is 22.8 Å². The molecular weight excluding hydrogens is 653 g/mol. The molecule has 51 heavy (non-hydrogen) atoms. The topological polar surface area (TPSA) is 87.9 Å². The van der Waals surface area contributed by atoms with Crippen LogP contribution in [0.25, 0.3) is 0 Å². The molecule has 0 spiro atoms. The summed E-state index contributed by atoms with van der Waals surface area (Å²) in [5, 5.41) is 16.1. The highest BCUT2D eigenvalue weighted by atomic mass is 19.3. The average molecular weight is 691 g/mol. The highest BCUT2D eigenvalue weighted by Gasteiger charge is 2.66. The first-order chi connectivity index (χ1) is 24.4. The van der Waals surface area contributed by atoms with E-state index in [1.165, 1.54) is 32.9 Å². The molecule has 0 unspecified atom stereocenters. The van der Waals surface area contributed by atoms with E-state index in [0.29, 0.717) is 28.4 Å². The minimum atomic E-state index is -3.72. The maximum atomic E-state index is 16.8. The standard InChI is InChI=1S/C41H37F3N4O3/c1-38(2)41(43,44)39(3,34-25-31(19-24-35(34)42)46-36-14-10-9-11-27(36)26-45)47-37(51-38)48-40(28-12-7-6-8-13-28,29-15-20-32(49-4)21-16-29)30-17-22-33(50-5)23-18-30/h6-25,46H,1-5H3,(H,47,48)/t39-/m1/s1. The Balaban J connectivity index is 1.56. The molecule has 1 aliphatic heterocycles. The van der Waals surface area contributed by atoms with Gasteiger partial charge in [0.25, 0.3) is 6.02 Å². The van der Waals surface area contributed by atoms with Gasteiger partial charge in [0.05, 0.1) is 25.5 Å². The third kappa shape index (κ3) is 6.09. The van der Waals surface area contributed by atoms with Gasteiger partial charge in [-0.25, -0.2) is 9.38 Å². The normalized spacial score (nSPS) is 17.7. The van der Waals surface area contributed by atoms with Gasteiger partial charge in [0, 0.05) is 11.3 Å². The number of methoxy groups -OCH3 is 2. The van der Waals surface area contributed by atoms with E-state index < -0.39 is 28.4 Å². The molecule has 0 saturated heterocycles. The van der Waals surface area contributed by atoms with Crippen molar-refractivity contribution < 1.29 is 27.4 Å². The number of hydrogen-bond donors (Lipinski definition) is 2. The lowest BCUT2D eigenvalue weighted by Crippen LogP contribution is -2.64. The van der Waals surface area contributed by atoms with Crippen LogP contribution in [-0.4, -0.2) is 31.8 Å². The smallest absolute Gasteiger partial charge is 0.315 e. The van der Waals surface area contributed by atoms with Crippen molar-refractivity contribution in [1.29, 1.82) is 5.26 Å². The Bertz CT molecular complexity index is 2050. The second kappa shape index (κ2) is 13.4. The van der Waals surface area contributed by atoms with Gasteiger partial charge in [-0.1, -0.05) is 66.7 Å². The molecule has 0 radical (unpaired) electrons. The Hall–Kier alpha value is -5.95. The first-order valence-corrected chi connectivity index (χ1v) is 16.2. The Morgan fingerprint density at radius 3 is 1.86 bits per heavy atom. The molecule has 0 aliphatic carbocycles. The van der Waals surface area contributed by atoms with E-state index in [9.17, 15) is 5.26 Å². The van der Waals surface area contributed by atoms with Crippen LogP contribution in [0.5, 0.6) is 11.5 Å². The van der Waals surface area contributed by atoms with Crippen LogP contribution in [0, 0.1) is 17.1 Å². The minimum absolute atomic E-state index is 0.225. The van der Waals surface area contributed by atoms with Crippen LogP contribution in [0.15, 0.2) is 126 Å². The van der Waals surface area contributed by atoms with Crippen molar-refractivity contribution in [2.24, 2.45) is 4.99 Å². The fourth-order valence-corrected chi connectivity index (χ4v) is 6.54. The third-order valence-electron chi connectivity index (χ3n) is 9.41. The summed E-state index contributed by atoms with van der Waals surface area (Å²) in [5.41, 5.74) is -2.98. The van der Waals surface area contributed by atoms with Gasteiger partial charge in [-0.15, -0.1) is 0 Å². The van der Waals surface area contributed by atoms with E-state index in [1.54, 1.807) is 38.5 Å². The molecular formula is C41H37F3N4O3. The van der Waals surface area contributed by atoms with E-state index in [1.807, 2.05) is 78.9 Å². The average Bonchev–Trinajstić information content (AvgIpc) is 3.14. The Kier molecular flexibility index (Phi) is 9.17.